The van der Waals surface area contributed by atoms with E-state index < -0.39 is 18.0 Å². The molecule has 29 heavy (non-hydrogen) atoms. The molecule has 0 aliphatic carbocycles. The second-order valence-corrected chi connectivity index (χ2v) is 6.23. The maximum absolute atomic E-state index is 12.3. The average Bonchev–Trinajstić information content (AvgIpc) is 2.73. The minimum absolute atomic E-state index is 0.446. The quantitative estimate of drug-likeness (QED) is 0.569. The number of fused-ring (bicyclic) bond motifs is 1. The highest BCUT2D eigenvalue weighted by molar-refractivity contribution is 5.97. The van der Waals surface area contributed by atoms with Crippen LogP contribution in [0, 0.1) is 0 Å². The lowest BCUT2D eigenvalue weighted by Crippen LogP contribution is -2.29. The normalized spacial score (nSPS) is 13.6. The van der Waals surface area contributed by atoms with Gasteiger partial charge in [-0.15, -0.1) is 0 Å². The van der Waals surface area contributed by atoms with E-state index in [2.05, 4.69) is 5.32 Å². The number of para-hydroxylation sites is 2. The van der Waals surface area contributed by atoms with Gasteiger partial charge in [-0.1, -0.05) is 18.2 Å². The van der Waals surface area contributed by atoms with Gasteiger partial charge in [-0.2, -0.15) is 0 Å². The molecule has 3 rings (SSSR count). The molecule has 1 atom stereocenters. The third-order valence-corrected chi connectivity index (χ3v) is 4.09. The predicted molar refractivity (Wildman–Crippen MR) is 108 cm³/mol. The Bertz CT molecular complexity index is 908. The van der Waals surface area contributed by atoms with Crippen molar-refractivity contribution in [2.24, 2.45) is 0 Å². The molecule has 0 radical (unpaired) electrons. The van der Waals surface area contributed by atoms with Crippen LogP contribution in [0.25, 0.3) is 6.08 Å². The van der Waals surface area contributed by atoms with E-state index in [1.54, 1.807) is 42.5 Å². The van der Waals surface area contributed by atoms with Crippen molar-refractivity contribution in [1.29, 1.82) is 0 Å². The summed E-state index contributed by atoms with van der Waals surface area (Å²) in [6, 6.07) is 12.4. The first-order valence-corrected chi connectivity index (χ1v) is 9.38. The fourth-order valence-corrected chi connectivity index (χ4v) is 2.68. The smallest absolute Gasteiger partial charge is 0.331 e. The Morgan fingerprint density at radius 2 is 1.90 bits per heavy atom. The van der Waals surface area contributed by atoms with Crippen molar-refractivity contribution in [1.82, 2.24) is 0 Å². The van der Waals surface area contributed by atoms with Crippen molar-refractivity contribution in [3.8, 4) is 17.2 Å². The Morgan fingerprint density at radius 1 is 1.14 bits per heavy atom. The Hall–Kier alpha value is -3.48. The standard InChI is InChI=1S/C22H23NO6/c1-3-26-18-7-5-4-6-17(18)23-22(25)15(2)29-21(24)11-9-16-8-10-19-20(14-16)28-13-12-27-19/h4-11,14-15H,3,12-13H2,1-2H3,(H,23,25)/t15-/m0/s1. The van der Waals surface area contributed by atoms with Crippen molar-refractivity contribution >= 4 is 23.6 Å². The SMILES string of the molecule is CCOc1ccccc1NC(=O)[C@H](C)OC(=O)C=Cc1ccc2c(c1)OCCO2. The summed E-state index contributed by atoms with van der Waals surface area (Å²) in [6.07, 6.45) is 1.89. The van der Waals surface area contributed by atoms with Gasteiger partial charge in [-0.3, -0.25) is 4.79 Å². The molecule has 0 saturated heterocycles. The summed E-state index contributed by atoms with van der Waals surface area (Å²) < 4.78 is 21.6. The molecule has 0 bridgehead atoms. The summed E-state index contributed by atoms with van der Waals surface area (Å²) in [5.74, 6) is 0.792. The van der Waals surface area contributed by atoms with E-state index in [4.69, 9.17) is 18.9 Å². The van der Waals surface area contributed by atoms with Crippen LogP contribution < -0.4 is 19.5 Å². The molecule has 0 spiro atoms. The summed E-state index contributed by atoms with van der Waals surface area (Å²) in [5, 5.41) is 2.71. The molecule has 7 nitrogen and oxygen atoms in total. The maximum atomic E-state index is 12.3. The second kappa shape index (κ2) is 9.64. The van der Waals surface area contributed by atoms with Crippen LogP contribution in [0.3, 0.4) is 0 Å². The number of amides is 1. The number of hydrogen-bond donors (Lipinski definition) is 1. The molecular formula is C22H23NO6. The van der Waals surface area contributed by atoms with Gasteiger partial charge in [-0.05, 0) is 49.8 Å². The van der Waals surface area contributed by atoms with Crippen molar-refractivity contribution in [2.45, 2.75) is 20.0 Å². The van der Waals surface area contributed by atoms with Crippen molar-refractivity contribution < 1.29 is 28.5 Å². The summed E-state index contributed by atoms with van der Waals surface area (Å²) in [4.78, 5) is 24.4. The number of benzene rings is 2. The van der Waals surface area contributed by atoms with Crippen LogP contribution in [0.1, 0.15) is 19.4 Å². The molecule has 2 aromatic carbocycles. The van der Waals surface area contributed by atoms with Gasteiger partial charge < -0.3 is 24.3 Å². The number of carbonyl (C=O) groups is 2. The Kier molecular flexibility index (Phi) is 6.73. The molecule has 7 heteroatoms. The van der Waals surface area contributed by atoms with E-state index in [-0.39, 0.29) is 0 Å². The lowest BCUT2D eigenvalue weighted by molar-refractivity contribution is -0.148. The van der Waals surface area contributed by atoms with Gasteiger partial charge in [0.15, 0.2) is 17.6 Å². The minimum atomic E-state index is -0.970. The molecule has 1 aliphatic rings. The molecule has 0 fully saturated rings. The highest BCUT2D eigenvalue weighted by Crippen LogP contribution is 2.31. The third kappa shape index (κ3) is 5.51. The van der Waals surface area contributed by atoms with Crippen LogP contribution in [-0.2, 0) is 14.3 Å². The highest BCUT2D eigenvalue weighted by Gasteiger charge is 2.18. The fourth-order valence-electron chi connectivity index (χ4n) is 2.68. The molecule has 1 N–H and O–H groups in total. The minimum Gasteiger partial charge on any atom is -0.492 e. The van der Waals surface area contributed by atoms with Crippen LogP contribution >= 0.6 is 0 Å². The molecule has 1 heterocycles. The molecule has 1 aliphatic heterocycles. The van der Waals surface area contributed by atoms with Gasteiger partial charge in [0.1, 0.15) is 19.0 Å². The lowest BCUT2D eigenvalue weighted by atomic mass is 10.2. The Labute approximate surface area is 169 Å². The van der Waals surface area contributed by atoms with Crippen LogP contribution in [0.5, 0.6) is 17.2 Å². The molecule has 0 aromatic heterocycles. The highest BCUT2D eigenvalue weighted by atomic mass is 16.6. The molecule has 152 valence electrons. The molecule has 0 saturated carbocycles. The molecule has 2 aromatic rings. The van der Waals surface area contributed by atoms with Crippen LogP contribution in [0.4, 0.5) is 5.69 Å². The lowest BCUT2D eigenvalue weighted by Gasteiger charge is -2.18. The van der Waals surface area contributed by atoms with Gasteiger partial charge in [0.2, 0.25) is 0 Å². The number of ether oxygens (including phenoxy) is 4. The first-order chi connectivity index (χ1) is 14.1. The van der Waals surface area contributed by atoms with Crippen molar-refractivity contribution in [3.63, 3.8) is 0 Å². The van der Waals surface area contributed by atoms with Gasteiger partial charge in [0.25, 0.3) is 5.91 Å². The molecule has 1 amide bonds. The number of nitrogens with one attached hydrogen (secondary N) is 1. The average molecular weight is 397 g/mol. The number of esters is 1. The van der Waals surface area contributed by atoms with Crippen molar-refractivity contribution in [2.75, 3.05) is 25.1 Å². The van der Waals surface area contributed by atoms with Gasteiger partial charge >= 0.3 is 5.97 Å². The zero-order valence-corrected chi connectivity index (χ0v) is 16.3. The van der Waals surface area contributed by atoms with Crippen LogP contribution in [-0.4, -0.2) is 37.8 Å². The predicted octanol–water partition coefficient (Wildman–Crippen LogP) is 3.44. The van der Waals surface area contributed by atoms with Crippen LogP contribution in [0.15, 0.2) is 48.5 Å². The van der Waals surface area contributed by atoms with E-state index in [1.807, 2.05) is 13.0 Å². The maximum Gasteiger partial charge on any atom is 0.331 e. The van der Waals surface area contributed by atoms with E-state index in [9.17, 15) is 9.59 Å². The zero-order chi connectivity index (χ0) is 20.6. The summed E-state index contributed by atoms with van der Waals surface area (Å²) in [5.41, 5.74) is 1.28. The second-order valence-electron chi connectivity index (χ2n) is 6.23. The largest absolute Gasteiger partial charge is 0.492 e. The summed E-state index contributed by atoms with van der Waals surface area (Å²) >= 11 is 0. The van der Waals surface area contributed by atoms with E-state index in [0.29, 0.717) is 42.8 Å². The number of hydrogen-bond acceptors (Lipinski definition) is 6. The zero-order valence-electron chi connectivity index (χ0n) is 16.3. The van der Waals surface area contributed by atoms with Crippen molar-refractivity contribution in [3.05, 3.63) is 54.1 Å². The van der Waals surface area contributed by atoms with Gasteiger partial charge in [0, 0.05) is 6.08 Å². The summed E-state index contributed by atoms with van der Waals surface area (Å²) in [6.45, 7) is 4.85. The Balaban J connectivity index is 1.56. The first kappa shape index (κ1) is 20.3. The van der Waals surface area contributed by atoms with Gasteiger partial charge in [-0.25, -0.2) is 4.79 Å². The van der Waals surface area contributed by atoms with Gasteiger partial charge in [0.05, 0.1) is 12.3 Å². The van der Waals surface area contributed by atoms with E-state index >= 15 is 0 Å². The monoisotopic (exact) mass is 397 g/mol. The first-order valence-electron chi connectivity index (χ1n) is 9.38. The topological polar surface area (TPSA) is 83.1 Å². The fraction of sp³-hybridized carbons (Fsp3) is 0.273. The van der Waals surface area contributed by atoms with E-state index in [1.165, 1.54) is 13.0 Å². The third-order valence-electron chi connectivity index (χ3n) is 4.09. The number of anilines is 1. The molecule has 0 unspecified atom stereocenters. The Morgan fingerprint density at radius 3 is 2.69 bits per heavy atom. The summed E-state index contributed by atoms with van der Waals surface area (Å²) in [7, 11) is 0. The molecular weight excluding hydrogens is 374 g/mol. The van der Waals surface area contributed by atoms with E-state index in [0.717, 1.165) is 5.56 Å². The number of carbonyl (C=O) groups excluding carboxylic acids is 2. The number of rotatable bonds is 7. The van der Waals surface area contributed by atoms with Crippen LogP contribution in [0.2, 0.25) is 0 Å².